The van der Waals surface area contributed by atoms with Crippen LogP contribution in [0.25, 0.3) is 21.5 Å². The second-order valence-corrected chi connectivity index (χ2v) is 26.3. The van der Waals surface area contributed by atoms with Crippen molar-refractivity contribution in [3.8, 4) is 0 Å². The molecule has 0 aromatic heterocycles. The summed E-state index contributed by atoms with van der Waals surface area (Å²) in [6.45, 7) is 22.6. The zero-order valence-corrected chi connectivity index (χ0v) is 32.4. The van der Waals surface area contributed by atoms with Crippen molar-refractivity contribution in [1.29, 1.82) is 0 Å². The highest BCUT2D eigenvalue weighted by Gasteiger charge is 2.64. The minimum atomic E-state index is -2.47. The van der Waals surface area contributed by atoms with Gasteiger partial charge in [0.05, 0.1) is 0 Å². The molecule has 1 heterocycles. The van der Waals surface area contributed by atoms with E-state index in [0.29, 0.717) is 25.2 Å². The number of hydrogen-bond acceptors (Lipinski definition) is 5. The number of carbonyl (C=O) groups excluding carboxylic acids is 1. The first-order chi connectivity index (χ1) is 22.4. The zero-order chi connectivity index (χ0) is 34.7. The van der Waals surface area contributed by atoms with E-state index in [1.54, 1.807) is 0 Å². The summed E-state index contributed by atoms with van der Waals surface area (Å²) in [5.74, 6) is 0.378. The van der Waals surface area contributed by atoms with Gasteiger partial charge in [0.2, 0.25) is 0 Å². The predicted octanol–water partition coefficient (Wildman–Crippen LogP) is 10.5. The Morgan fingerprint density at radius 3 is 1.81 bits per heavy atom. The first-order valence-corrected chi connectivity index (χ1v) is 23.1. The molecule has 2 aliphatic rings. The summed E-state index contributed by atoms with van der Waals surface area (Å²) < 4.78 is 27.8. The number of fused-ring (bicyclic) bond motifs is 4. The molecular formula is C41H52O5Si2. The highest BCUT2D eigenvalue weighted by molar-refractivity contribution is 6.74. The van der Waals surface area contributed by atoms with Gasteiger partial charge < -0.3 is 18.3 Å². The molecule has 4 aromatic rings. The van der Waals surface area contributed by atoms with E-state index in [1.807, 2.05) is 0 Å². The second kappa shape index (κ2) is 12.3. The normalized spacial score (nSPS) is 22.0. The molecule has 0 spiro atoms. The van der Waals surface area contributed by atoms with Crippen molar-refractivity contribution in [2.45, 2.75) is 115 Å². The summed E-state index contributed by atoms with van der Waals surface area (Å²) in [5, 5.41) is 4.52. The lowest BCUT2D eigenvalue weighted by Gasteiger charge is -2.47. The number of rotatable bonds is 9. The summed E-state index contributed by atoms with van der Waals surface area (Å²) in [6, 6.07) is 29.7. The van der Waals surface area contributed by atoms with Crippen LogP contribution in [0.5, 0.6) is 0 Å². The Balaban J connectivity index is 1.53. The maximum Gasteiger partial charge on any atom is 0.342 e. The average Bonchev–Trinajstić information content (AvgIpc) is 3.30. The maximum absolute atomic E-state index is 14.4. The van der Waals surface area contributed by atoms with Gasteiger partial charge in [-0.3, -0.25) is 0 Å². The average molecular weight is 681 g/mol. The fraction of sp³-hybridized carbons (Fsp3) is 0.439. The third kappa shape index (κ3) is 6.42. The molecule has 1 saturated heterocycles. The number of hydrogen-bond donors (Lipinski definition) is 0. The van der Waals surface area contributed by atoms with Crippen molar-refractivity contribution < 1.29 is 23.1 Å². The molecule has 1 aliphatic carbocycles. The van der Waals surface area contributed by atoms with Gasteiger partial charge in [0.15, 0.2) is 22.2 Å². The molecule has 7 heteroatoms. The van der Waals surface area contributed by atoms with Crippen molar-refractivity contribution in [1.82, 2.24) is 0 Å². The van der Waals surface area contributed by atoms with Crippen LogP contribution in [0.1, 0.15) is 59.1 Å². The molecule has 0 saturated carbocycles. The van der Waals surface area contributed by atoms with Crippen molar-refractivity contribution in [2.24, 2.45) is 0 Å². The standard InChI is InChI=1S/C41H52O5Si2/c1-39(2,3)47(7,8)45-37-35-26-41(38(42)44-35,46-48(9,10)40(4,5)6)34(25-28-19-21-30-15-11-13-17-32(30)23-28)36(37)43-27-29-20-22-31-16-12-14-18-33(31)24-29/h11-24,35,37H,25-27H2,1-10H3/t35-,37+,41-/m1/s1. The molecule has 0 unspecified atom stereocenters. The first-order valence-electron chi connectivity index (χ1n) is 17.3. The van der Waals surface area contributed by atoms with Crippen molar-refractivity contribution in [3.05, 3.63) is 107 Å². The van der Waals surface area contributed by atoms with Gasteiger partial charge in [-0.1, -0.05) is 120 Å². The molecule has 0 N–H and O–H groups in total. The summed E-state index contributed by atoms with van der Waals surface area (Å²) in [7, 11) is -4.81. The molecule has 254 valence electrons. The molecule has 4 aromatic carbocycles. The van der Waals surface area contributed by atoms with Gasteiger partial charge >= 0.3 is 5.97 Å². The molecule has 3 atom stereocenters. The van der Waals surface area contributed by atoms with Gasteiger partial charge in [0, 0.05) is 18.4 Å². The molecule has 0 radical (unpaired) electrons. The minimum absolute atomic E-state index is 0.0518. The van der Waals surface area contributed by atoms with E-state index in [2.05, 4.69) is 153 Å². The van der Waals surface area contributed by atoms with Crippen LogP contribution in [0, 0.1) is 0 Å². The lowest BCUT2D eigenvalue weighted by molar-refractivity contribution is -0.152. The fourth-order valence-corrected chi connectivity index (χ4v) is 9.11. The van der Waals surface area contributed by atoms with Gasteiger partial charge in [-0.2, -0.15) is 0 Å². The Morgan fingerprint density at radius 1 is 0.729 bits per heavy atom. The number of benzene rings is 4. The Bertz CT molecular complexity index is 1880. The quantitative estimate of drug-likeness (QED) is 0.130. The highest BCUT2D eigenvalue weighted by Crippen LogP contribution is 2.52. The molecule has 48 heavy (non-hydrogen) atoms. The van der Waals surface area contributed by atoms with Crippen LogP contribution < -0.4 is 0 Å². The molecule has 1 aliphatic heterocycles. The van der Waals surface area contributed by atoms with E-state index >= 15 is 0 Å². The summed E-state index contributed by atoms with van der Waals surface area (Å²) >= 11 is 0. The van der Waals surface area contributed by atoms with Crippen molar-refractivity contribution >= 4 is 44.1 Å². The van der Waals surface area contributed by atoms with Crippen molar-refractivity contribution in [3.63, 3.8) is 0 Å². The van der Waals surface area contributed by atoms with Gasteiger partial charge in [0.25, 0.3) is 0 Å². The predicted molar refractivity (Wildman–Crippen MR) is 201 cm³/mol. The molecule has 1 fully saturated rings. The third-order valence-electron chi connectivity index (χ3n) is 11.3. The van der Waals surface area contributed by atoms with Gasteiger partial charge in [-0.15, -0.1) is 0 Å². The van der Waals surface area contributed by atoms with Gasteiger partial charge in [0.1, 0.15) is 24.6 Å². The Labute approximate surface area is 288 Å². The van der Waals surface area contributed by atoms with E-state index in [0.717, 1.165) is 27.5 Å². The molecule has 0 amide bonds. The van der Waals surface area contributed by atoms with Crippen LogP contribution in [0.4, 0.5) is 0 Å². The van der Waals surface area contributed by atoms with Crippen LogP contribution in [0.3, 0.4) is 0 Å². The largest absolute Gasteiger partial charge is 0.490 e. The number of esters is 1. The van der Waals surface area contributed by atoms with E-state index in [-0.39, 0.29) is 16.0 Å². The lowest BCUT2D eigenvalue weighted by Crippen LogP contribution is -2.56. The van der Waals surface area contributed by atoms with Crippen LogP contribution in [0.15, 0.2) is 96.3 Å². The smallest absolute Gasteiger partial charge is 0.342 e. The Hall–Kier alpha value is -3.24. The zero-order valence-electron chi connectivity index (χ0n) is 30.4. The van der Waals surface area contributed by atoms with E-state index < -0.39 is 34.4 Å². The molecule has 6 rings (SSSR count). The van der Waals surface area contributed by atoms with Crippen LogP contribution >= 0.6 is 0 Å². The summed E-state index contributed by atoms with van der Waals surface area (Å²) in [5.41, 5.74) is 1.75. The third-order valence-corrected chi connectivity index (χ3v) is 20.3. The molecular weight excluding hydrogens is 629 g/mol. The lowest BCUT2D eigenvalue weighted by atomic mass is 9.79. The first kappa shape index (κ1) is 34.6. The monoisotopic (exact) mass is 680 g/mol. The molecule has 5 nitrogen and oxygen atoms in total. The van der Waals surface area contributed by atoms with E-state index in [9.17, 15) is 4.79 Å². The topological polar surface area (TPSA) is 54.0 Å². The fourth-order valence-electron chi connectivity index (χ4n) is 6.39. The summed E-state index contributed by atoms with van der Waals surface area (Å²) in [4.78, 5) is 14.4. The second-order valence-electron chi connectivity index (χ2n) is 16.8. The highest BCUT2D eigenvalue weighted by atomic mass is 28.4. The Kier molecular flexibility index (Phi) is 8.85. The van der Waals surface area contributed by atoms with E-state index in [4.69, 9.17) is 18.3 Å². The minimum Gasteiger partial charge on any atom is -0.490 e. The van der Waals surface area contributed by atoms with Gasteiger partial charge in [-0.25, -0.2) is 4.79 Å². The van der Waals surface area contributed by atoms with Crippen LogP contribution in [-0.2, 0) is 36.1 Å². The maximum atomic E-state index is 14.4. The SMILES string of the molecule is CC(C)(C)[Si](C)(C)O[C@@H]1C(OCc2ccc3ccccc3c2)=C(Cc2ccc3ccccc3c2)[C@]2(O[Si](C)(C)C(C)(C)C)C[C@H]1OC2=O. The molecule has 2 bridgehead atoms. The van der Waals surface area contributed by atoms with Gasteiger partial charge in [-0.05, 0) is 75.0 Å². The summed E-state index contributed by atoms with van der Waals surface area (Å²) in [6.07, 6.45) is -0.109. The van der Waals surface area contributed by atoms with Crippen LogP contribution in [0.2, 0.25) is 36.3 Å². The Morgan fingerprint density at radius 2 is 1.25 bits per heavy atom. The number of carbonyl (C=O) groups is 1. The van der Waals surface area contributed by atoms with Crippen molar-refractivity contribution in [2.75, 3.05) is 0 Å². The van der Waals surface area contributed by atoms with E-state index in [1.165, 1.54) is 10.8 Å². The van der Waals surface area contributed by atoms with Crippen LogP contribution in [-0.4, -0.2) is 40.4 Å². The number of ether oxygens (including phenoxy) is 2.